The Balaban J connectivity index is 1.65. The van der Waals surface area contributed by atoms with E-state index in [1.54, 1.807) is 13.0 Å². The van der Waals surface area contributed by atoms with Gasteiger partial charge in [0.05, 0.1) is 24.6 Å². The Bertz CT molecular complexity index is 958. The number of rotatable bonds is 6. The summed E-state index contributed by atoms with van der Waals surface area (Å²) in [7, 11) is -3.72. The van der Waals surface area contributed by atoms with Gasteiger partial charge >= 0.3 is 6.18 Å². The van der Waals surface area contributed by atoms with E-state index in [1.807, 2.05) is 6.92 Å². The van der Waals surface area contributed by atoms with E-state index < -0.39 is 28.0 Å². The summed E-state index contributed by atoms with van der Waals surface area (Å²) >= 11 is 0. The molecule has 10 heteroatoms. The van der Waals surface area contributed by atoms with Crippen LogP contribution in [-0.4, -0.2) is 43.5 Å². The summed E-state index contributed by atoms with van der Waals surface area (Å²) in [6.45, 7) is 4.13. The number of benzene rings is 1. The highest BCUT2D eigenvalue weighted by Gasteiger charge is 2.39. The molecule has 0 atom stereocenters. The normalized spacial score (nSPS) is 15.9. The van der Waals surface area contributed by atoms with Gasteiger partial charge in [0.15, 0.2) is 0 Å². The number of hydrogen-bond donors (Lipinski definition) is 0. The summed E-state index contributed by atoms with van der Waals surface area (Å²) in [4.78, 5) is 3.55. The maximum Gasteiger partial charge on any atom is 0.433 e. The van der Waals surface area contributed by atoms with E-state index in [0.717, 1.165) is 6.07 Å². The lowest BCUT2D eigenvalue weighted by Crippen LogP contribution is -2.56. The minimum Gasteiger partial charge on any atom is -0.494 e. The zero-order valence-corrected chi connectivity index (χ0v) is 16.0. The Kier molecular flexibility index (Phi) is 5.53. The van der Waals surface area contributed by atoms with Gasteiger partial charge in [-0.2, -0.15) is 17.5 Å². The van der Waals surface area contributed by atoms with E-state index in [2.05, 4.69) is 4.98 Å². The largest absolute Gasteiger partial charge is 0.494 e. The summed E-state index contributed by atoms with van der Waals surface area (Å²) in [5, 5.41) is 0. The molecule has 0 saturated carbocycles. The smallest absolute Gasteiger partial charge is 0.433 e. The second-order valence-corrected chi connectivity index (χ2v) is 8.22. The number of pyridine rings is 1. The van der Waals surface area contributed by atoms with Crippen molar-refractivity contribution in [3.05, 3.63) is 47.7 Å². The maximum atomic E-state index is 12.7. The average Bonchev–Trinajstić information content (AvgIpc) is 2.59. The van der Waals surface area contributed by atoms with Crippen LogP contribution < -0.4 is 9.47 Å². The molecule has 28 heavy (non-hydrogen) atoms. The molecule has 1 aromatic carbocycles. The van der Waals surface area contributed by atoms with E-state index in [-0.39, 0.29) is 23.9 Å². The van der Waals surface area contributed by atoms with Crippen LogP contribution in [0.5, 0.6) is 11.6 Å². The third-order valence-electron chi connectivity index (χ3n) is 4.20. The summed E-state index contributed by atoms with van der Waals surface area (Å²) < 4.78 is 75.5. The third kappa shape index (κ3) is 4.22. The highest BCUT2D eigenvalue weighted by molar-refractivity contribution is 7.89. The van der Waals surface area contributed by atoms with Crippen LogP contribution in [0, 0.1) is 6.92 Å². The lowest BCUT2D eigenvalue weighted by Gasteiger charge is -2.37. The maximum absolute atomic E-state index is 12.7. The number of sulfonamides is 1. The Hall–Kier alpha value is -2.33. The molecule has 1 aliphatic rings. The van der Waals surface area contributed by atoms with Crippen LogP contribution in [0.1, 0.15) is 18.2 Å². The van der Waals surface area contributed by atoms with Crippen LogP contribution in [-0.2, 0) is 16.2 Å². The summed E-state index contributed by atoms with van der Waals surface area (Å²) in [6, 6.07) is 7.95. The van der Waals surface area contributed by atoms with Gasteiger partial charge in [0, 0.05) is 6.07 Å². The van der Waals surface area contributed by atoms with Gasteiger partial charge in [0.1, 0.15) is 17.5 Å². The number of hydrogen-bond acceptors (Lipinski definition) is 5. The monoisotopic (exact) mass is 416 g/mol. The van der Waals surface area contributed by atoms with E-state index in [1.165, 1.54) is 28.6 Å². The van der Waals surface area contributed by atoms with Crippen molar-refractivity contribution in [3.8, 4) is 11.6 Å². The average molecular weight is 416 g/mol. The topological polar surface area (TPSA) is 68.7 Å². The van der Waals surface area contributed by atoms with Gasteiger partial charge in [-0.05, 0) is 43.7 Å². The van der Waals surface area contributed by atoms with Crippen molar-refractivity contribution in [2.75, 3.05) is 19.7 Å². The van der Waals surface area contributed by atoms with Crippen molar-refractivity contribution in [1.82, 2.24) is 9.29 Å². The fourth-order valence-corrected chi connectivity index (χ4v) is 4.32. The van der Waals surface area contributed by atoms with Crippen LogP contribution in [0.2, 0.25) is 0 Å². The molecule has 6 nitrogen and oxygen atoms in total. The first kappa shape index (κ1) is 20.4. The molecular weight excluding hydrogens is 397 g/mol. The van der Waals surface area contributed by atoms with Crippen LogP contribution in [0.3, 0.4) is 0 Å². The first-order chi connectivity index (χ1) is 13.1. The highest BCUT2D eigenvalue weighted by atomic mass is 32.2. The number of aryl methyl sites for hydroxylation is 1. The molecule has 152 valence electrons. The number of ether oxygens (including phenoxy) is 2. The molecule has 0 N–H and O–H groups in total. The zero-order chi connectivity index (χ0) is 20.5. The second kappa shape index (κ2) is 7.59. The molecule has 1 aliphatic heterocycles. The Morgan fingerprint density at radius 1 is 1.21 bits per heavy atom. The number of nitrogens with zero attached hydrogens (tertiary/aromatic N) is 2. The van der Waals surface area contributed by atoms with Gasteiger partial charge in [0.25, 0.3) is 0 Å². The SMILES string of the molecule is CCOc1ccc(S(=O)(=O)N2CC(Oc3cccc(C(F)(F)F)n3)C2)cc1C. The molecule has 1 saturated heterocycles. The van der Waals surface area contributed by atoms with Crippen molar-refractivity contribution in [3.63, 3.8) is 0 Å². The van der Waals surface area contributed by atoms with Gasteiger partial charge < -0.3 is 9.47 Å². The Morgan fingerprint density at radius 3 is 2.54 bits per heavy atom. The standard InChI is InChI=1S/C18H19F3N2O4S/c1-3-26-15-8-7-14(9-12(15)2)28(24,25)23-10-13(11-23)27-17-6-4-5-16(22-17)18(19,20)21/h4-9,13H,3,10-11H2,1-2H3. The molecule has 0 spiro atoms. The summed E-state index contributed by atoms with van der Waals surface area (Å²) in [5.74, 6) is 0.427. The molecule has 1 fully saturated rings. The lowest BCUT2D eigenvalue weighted by molar-refractivity contribution is -0.141. The van der Waals surface area contributed by atoms with E-state index in [4.69, 9.17) is 9.47 Å². The van der Waals surface area contributed by atoms with Crippen molar-refractivity contribution >= 4 is 10.0 Å². The van der Waals surface area contributed by atoms with E-state index in [9.17, 15) is 21.6 Å². The molecule has 2 heterocycles. The third-order valence-corrected chi connectivity index (χ3v) is 6.03. The van der Waals surface area contributed by atoms with Crippen molar-refractivity contribution in [2.45, 2.75) is 31.0 Å². The van der Waals surface area contributed by atoms with E-state index >= 15 is 0 Å². The predicted molar refractivity (Wildman–Crippen MR) is 94.8 cm³/mol. The second-order valence-electron chi connectivity index (χ2n) is 6.28. The highest BCUT2D eigenvalue weighted by Crippen LogP contribution is 2.30. The van der Waals surface area contributed by atoms with Gasteiger partial charge in [-0.15, -0.1) is 0 Å². The Morgan fingerprint density at radius 2 is 1.93 bits per heavy atom. The first-order valence-electron chi connectivity index (χ1n) is 8.55. The van der Waals surface area contributed by atoms with Crippen molar-refractivity contribution in [1.29, 1.82) is 0 Å². The Labute approximate surface area is 161 Å². The lowest BCUT2D eigenvalue weighted by atomic mass is 10.2. The molecule has 1 aromatic heterocycles. The number of aromatic nitrogens is 1. The molecule has 0 unspecified atom stereocenters. The number of halogens is 3. The molecule has 0 bridgehead atoms. The molecule has 0 aliphatic carbocycles. The molecule has 0 amide bonds. The minimum absolute atomic E-state index is 0.0342. The molecule has 2 aromatic rings. The quantitative estimate of drug-likeness (QED) is 0.723. The fraction of sp³-hybridized carbons (Fsp3) is 0.389. The fourth-order valence-electron chi connectivity index (χ4n) is 2.73. The molecule has 0 radical (unpaired) electrons. The van der Waals surface area contributed by atoms with Gasteiger partial charge in [-0.3, -0.25) is 0 Å². The molecule has 3 rings (SSSR count). The summed E-state index contributed by atoms with van der Waals surface area (Å²) in [5.41, 5.74) is -0.358. The van der Waals surface area contributed by atoms with Gasteiger partial charge in [-0.25, -0.2) is 13.4 Å². The van der Waals surface area contributed by atoms with Gasteiger partial charge in [0.2, 0.25) is 15.9 Å². The van der Waals surface area contributed by atoms with E-state index in [0.29, 0.717) is 17.9 Å². The van der Waals surface area contributed by atoms with Crippen molar-refractivity contribution in [2.24, 2.45) is 0 Å². The van der Waals surface area contributed by atoms with Crippen molar-refractivity contribution < 1.29 is 31.1 Å². The minimum atomic E-state index is -4.57. The zero-order valence-electron chi connectivity index (χ0n) is 15.2. The van der Waals surface area contributed by atoms with Crippen LogP contribution in [0.25, 0.3) is 0 Å². The van der Waals surface area contributed by atoms with Gasteiger partial charge in [-0.1, -0.05) is 6.07 Å². The predicted octanol–water partition coefficient (Wildman–Crippen LogP) is 3.26. The summed E-state index contributed by atoms with van der Waals surface area (Å²) in [6.07, 6.45) is -5.13. The van der Waals surface area contributed by atoms with Crippen LogP contribution >= 0.6 is 0 Å². The number of alkyl halides is 3. The molecular formula is C18H19F3N2O4S. The first-order valence-corrected chi connectivity index (χ1v) is 9.99. The van der Waals surface area contributed by atoms with Crippen LogP contribution in [0.15, 0.2) is 41.3 Å². The van der Waals surface area contributed by atoms with Crippen LogP contribution in [0.4, 0.5) is 13.2 Å².